The first kappa shape index (κ1) is 10.6. The van der Waals surface area contributed by atoms with Crippen molar-refractivity contribution in [3.63, 3.8) is 0 Å². The topological polar surface area (TPSA) is 63.1 Å². The molecular weight excluding hydrogens is 187 g/mol. The average molecular weight is 198 g/mol. The van der Waals surface area contributed by atoms with Gasteiger partial charge >= 0.3 is 5.97 Å². The molecule has 1 N–H and O–H groups in total. The molecule has 0 saturated heterocycles. The lowest BCUT2D eigenvalue weighted by atomic mass is 10.2. The molecule has 4 nitrogen and oxygen atoms in total. The highest BCUT2D eigenvalue weighted by Gasteiger charge is 2.15. The van der Waals surface area contributed by atoms with Gasteiger partial charge in [-0.15, -0.1) is 0 Å². The zero-order valence-electron chi connectivity index (χ0n) is 7.83. The van der Waals surface area contributed by atoms with E-state index in [1.165, 1.54) is 0 Å². The Morgan fingerprint density at radius 3 is 2.86 bits per heavy atom. The molecule has 0 aromatic carbocycles. The van der Waals surface area contributed by atoms with Crippen molar-refractivity contribution >= 4 is 5.97 Å². The van der Waals surface area contributed by atoms with E-state index < -0.39 is 17.5 Å². The lowest BCUT2D eigenvalue weighted by Gasteiger charge is -2.02. The van der Waals surface area contributed by atoms with Gasteiger partial charge in [-0.05, 0) is 12.8 Å². The van der Waals surface area contributed by atoms with E-state index in [2.05, 4.69) is 9.97 Å². The molecule has 0 aliphatic rings. The second kappa shape index (κ2) is 4.64. The maximum Gasteiger partial charge on any atom is 0.357 e. The van der Waals surface area contributed by atoms with Gasteiger partial charge in [0.1, 0.15) is 6.33 Å². The van der Waals surface area contributed by atoms with E-state index in [-0.39, 0.29) is 5.69 Å². The number of hydrogen-bond acceptors (Lipinski definition) is 3. The number of carboxylic acid groups (broad SMARTS) is 1. The number of carbonyl (C=O) groups is 1. The third-order valence-corrected chi connectivity index (χ3v) is 1.83. The molecule has 0 bridgehead atoms. The minimum atomic E-state index is -1.36. The van der Waals surface area contributed by atoms with Gasteiger partial charge in [0.25, 0.3) is 0 Å². The zero-order valence-corrected chi connectivity index (χ0v) is 7.83. The Balaban J connectivity index is 2.95. The molecule has 5 heteroatoms. The van der Waals surface area contributed by atoms with E-state index in [0.717, 1.165) is 19.2 Å². The number of aromatic nitrogens is 2. The molecule has 14 heavy (non-hydrogen) atoms. The maximum atomic E-state index is 13.3. The molecule has 1 aromatic rings. The van der Waals surface area contributed by atoms with Crippen LogP contribution in [0.25, 0.3) is 0 Å². The van der Waals surface area contributed by atoms with Crippen LogP contribution in [0.4, 0.5) is 4.39 Å². The van der Waals surface area contributed by atoms with E-state index in [9.17, 15) is 9.18 Å². The van der Waals surface area contributed by atoms with Crippen LogP contribution in [0.5, 0.6) is 0 Å². The van der Waals surface area contributed by atoms with E-state index in [1.54, 1.807) is 0 Å². The number of unbranched alkanes of at least 4 members (excludes halogenated alkanes) is 1. The van der Waals surface area contributed by atoms with Crippen molar-refractivity contribution in [2.45, 2.75) is 26.2 Å². The van der Waals surface area contributed by atoms with Crippen molar-refractivity contribution < 1.29 is 14.3 Å². The summed E-state index contributed by atoms with van der Waals surface area (Å²) in [6.45, 7) is 1.97. The Bertz CT molecular complexity index is 342. The normalized spacial score (nSPS) is 10.1. The quantitative estimate of drug-likeness (QED) is 0.799. The number of rotatable bonds is 4. The molecule has 76 valence electrons. The lowest BCUT2D eigenvalue weighted by Crippen LogP contribution is -2.08. The number of aromatic carboxylic acids is 1. The fraction of sp³-hybridized carbons (Fsp3) is 0.444. The monoisotopic (exact) mass is 198 g/mol. The first-order chi connectivity index (χ1) is 6.66. The van der Waals surface area contributed by atoms with Gasteiger partial charge < -0.3 is 5.11 Å². The number of aryl methyl sites for hydroxylation is 1. The minimum Gasteiger partial charge on any atom is -0.476 e. The first-order valence-corrected chi connectivity index (χ1v) is 4.39. The highest BCUT2D eigenvalue weighted by atomic mass is 19.1. The number of carboxylic acids is 1. The largest absolute Gasteiger partial charge is 0.476 e. The van der Waals surface area contributed by atoms with Gasteiger partial charge in [0, 0.05) is 0 Å². The van der Waals surface area contributed by atoms with Gasteiger partial charge in [0.2, 0.25) is 0 Å². The molecule has 0 saturated carbocycles. The molecule has 0 atom stereocenters. The SMILES string of the molecule is CCCCc1ncnc(C(=O)O)c1F. The van der Waals surface area contributed by atoms with Crippen molar-refractivity contribution in [2.75, 3.05) is 0 Å². The lowest BCUT2D eigenvalue weighted by molar-refractivity contribution is 0.0684. The Morgan fingerprint density at radius 2 is 2.29 bits per heavy atom. The number of nitrogens with zero attached hydrogens (tertiary/aromatic N) is 2. The van der Waals surface area contributed by atoms with Gasteiger partial charge in [-0.3, -0.25) is 0 Å². The van der Waals surface area contributed by atoms with E-state index >= 15 is 0 Å². The molecular formula is C9H11FN2O2. The molecule has 1 heterocycles. The molecule has 0 amide bonds. The summed E-state index contributed by atoms with van der Waals surface area (Å²) in [5.74, 6) is -2.17. The van der Waals surface area contributed by atoms with Crippen molar-refractivity contribution in [1.29, 1.82) is 0 Å². The van der Waals surface area contributed by atoms with Crippen LogP contribution in [-0.4, -0.2) is 21.0 Å². The number of hydrogen-bond donors (Lipinski definition) is 1. The van der Waals surface area contributed by atoms with Crippen LogP contribution in [0, 0.1) is 5.82 Å². The third-order valence-electron chi connectivity index (χ3n) is 1.83. The summed E-state index contributed by atoms with van der Waals surface area (Å²) in [6.07, 6.45) is 3.22. The van der Waals surface area contributed by atoms with Gasteiger partial charge in [0.15, 0.2) is 11.5 Å². The third kappa shape index (κ3) is 2.25. The highest BCUT2D eigenvalue weighted by Crippen LogP contribution is 2.10. The molecule has 0 aliphatic carbocycles. The molecule has 0 fully saturated rings. The Kier molecular flexibility index (Phi) is 3.50. The highest BCUT2D eigenvalue weighted by molar-refractivity contribution is 5.85. The summed E-state index contributed by atoms with van der Waals surface area (Å²) >= 11 is 0. The van der Waals surface area contributed by atoms with Gasteiger partial charge in [-0.2, -0.15) is 0 Å². The van der Waals surface area contributed by atoms with Gasteiger partial charge in [-0.1, -0.05) is 13.3 Å². The van der Waals surface area contributed by atoms with Gasteiger partial charge in [-0.25, -0.2) is 19.2 Å². The molecule has 1 rings (SSSR count). The second-order valence-electron chi connectivity index (χ2n) is 2.89. The van der Waals surface area contributed by atoms with Crippen LogP contribution in [0.3, 0.4) is 0 Å². The van der Waals surface area contributed by atoms with Crippen LogP contribution in [0.1, 0.15) is 35.9 Å². The fourth-order valence-corrected chi connectivity index (χ4v) is 1.07. The predicted molar refractivity (Wildman–Crippen MR) is 47.6 cm³/mol. The summed E-state index contributed by atoms with van der Waals surface area (Å²) < 4.78 is 13.3. The summed E-state index contributed by atoms with van der Waals surface area (Å²) in [4.78, 5) is 17.6. The Morgan fingerprint density at radius 1 is 1.57 bits per heavy atom. The predicted octanol–water partition coefficient (Wildman–Crippen LogP) is 1.66. The number of halogens is 1. The summed E-state index contributed by atoms with van der Waals surface area (Å²) in [6, 6.07) is 0. The van der Waals surface area contributed by atoms with Gasteiger partial charge in [0.05, 0.1) is 5.69 Å². The molecule has 0 spiro atoms. The van der Waals surface area contributed by atoms with Crippen LogP contribution in [0.15, 0.2) is 6.33 Å². The van der Waals surface area contributed by atoms with Crippen LogP contribution in [0.2, 0.25) is 0 Å². The van der Waals surface area contributed by atoms with Crippen molar-refractivity contribution in [3.05, 3.63) is 23.5 Å². The summed E-state index contributed by atoms with van der Waals surface area (Å²) in [5.41, 5.74) is -0.370. The van der Waals surface area contributed by atoms with Crippen molar-refractivity contribution in [2.24, 2.45) is 0 Å². The van der Waals surface area contributed by atoms with Crippen LogP contribution >= 0.6 is 0 Å². The fourth-order valence-electron chi connectivity index (χ4n) is 1.07. The molecule has 0 unspecified atom stereocenters. The maximum absolute atomic E-state index is 13.3. The minimum absolute atomic E-state index is 0.180. The van der Waals surface area contributed by atoms with Crippen molar-refractivity contribution in [1.82, 2.24) is 9.97 Å². The van der Waals surface area contributed by atoms with E-state index in [0.29, 0.717) is 6.42 Å². The zero-order chi connectivity index (χ0) is 10.6. The second-order valence-corrected chi connectivity index (χ2v) is 2.89. The van der Waals surface area contributed by atoms with E-state index in [1.807, 2.05) is 6.92 Å². The van der Waals surface area contributed by atoms with Crippen LogP contribution in [-0.2, 0) is 6.42 Å². The molecule has 0 radical (unpaired) electrons. The standard InChI is InChI=1S/C9H11FN2O2/c1-2-3-4-6-7(10)8(9(13)14)12-5-11-6/h5H,2-4H2,1H3,(H,13,14). The summed E-state index contributed by atoms with van der Waals surface area (Å²) in [7, 11) is 0. The Labute approximate surface area is 80.8 Å². The summed E-state index contributed by atoms with van der Waals surface area (Å²) in [5, 5.41) is 8.59. The Hall–Kier alpha value is -1.52. The van der Waals surface area contributed by atoms with Crippen molar-refractivity contribution in [3.8, 4) is 0 Å². The first-order valence-electron chi connectivity index (χ1n) is 4.39. The average Bonchev–Trinajstić information content (AvgIpc) is 2.16. The van der Waals surface area contributed by atoms with E-state index in [4.69, 9.17) is 5.11 Å². The molecule has 1 aromatic heterocycles. The molecule has 0 aliphatic heterocycles. The van der Waals surface area contributed by atoms with Crippen LogP contribution < -0.4 is 0 Å². The smallest absolute Gasteiger partial charge is 0.357 e.